The summed E-state index contributed by atoms with van der Waals surface area (Å²) in [5.41, 5.74) is -0.172. The topological polar surface area (TPSA) is 52.5 Å². The van der Waals surface area contributed by atoms with Crippen LogP contribution >= 0.6 is 23.2 Å². The van der Waals surface area contributed by atoms with Gasteiger partial charge in [0, 0.05) is 23.1 Å². The lowest BCUT2D eigenvalue weighted by Gasteiger charge is -2.20. The van der Waals surface area contributed by atoms with Crippen LogP contribution in [0.1, 0.15) is 12.5 Å². The maximum Gasteiger partial charge on any atom is 0.0972 e. The Balaban J connectivity index is 2.49. The summed E-state index contributed by atoms with van der Waals surface area (Å²) in [5.74, 6) is 0. The molecule has 0 aliphatic carbocycles. The molecule has 3 nitrogen and oxygen atoms in total. The SMILES string of the molecule is CC(O)(CO)CNCc1cc(Cl)cc(Cl)c1. The molecule has 0 aliphatic rings. The van der Waals surface area contributed by atoms with Crippen LogP contribution in [0.25, 0.3) is 0 Å². The fraction of sp³-hybridized carbons (Fsp3) is 0.455. The Morgan fingerprint density at radius 1 is 1.25 bits per heavy atom. The van der Waals surface area contributed by atoms with Crippen molar-refractivity contribution < 1.29 is 10.2 Å². The molecule has 0 bridgehead atoms. The number of halogens is 2. The Morgan fingerprint density at radius 3 is 2.31 bits per heavy atom. The summed E-state index contributed by atoms with van der Waals surface area (Å²) < 4.78 is 0. The van der Waals surface area contributed by atoms with Crippen LogP contribution in [0.2, 0.25) is 10.0 Å². The Hall–Kier alpha value is -0.320. The van der Waals surface area contributed by atoms with Crippen molar-refractivity contribution in [1.29, 1.82) is 0 Å². The fourth-order valence-corrected chi connectivity index (χ4v) is 1.82. The molecule has 3 N–H and O–H groups in total. The fourth-order valence-electron chi connectivity index (χ4n) is 1.25. The van der Waals surface area contributed by atoms with E-state index in [1.54, 1.807) is 25.1 Å². The minimum atomic E-state index is -1.11. The molecule has 1 aromatic rings. The molecule has 16 heavy (non-hydrogen) atoms. The molecule has 0 heterocycles. The average molecular weight is 264 g/mol. The van der Waals surface area contributed by atoms with Crippen LogP contribution in [0.5, 0.6) is 0 Å². The van der Waals surface area contributed by atoms with E-state index < -0.39 is 5.60 Å². The number of benzene rings is 1. The van der Waals surface area contributed by atoms with E-state index in [4.69, 9.17) is 28.3 Å². The molecule has 0 saturated heterocycles. The summed E-state index contributed by atoms with van der Waals surface area (Å²) in [7, 11) is 0. The third kappa shape index (κ3) is 4.68. The van der Waals surface area contributed by atoms with Gasteiger partial charge in [-0.05, 0) is 30.7 Å². The van der Waals surface area contributed by atoms with Crippen LogP contribution in [0.4, 0.5) is 0 Å². The van der Waals surface area contributed by atoms with E-state index in [-0.39, 0.29) is 6.61 Å². The van der Waals surface area contributed by atoms with Crippen molar-refractivity contribution in [2.24, 2.45) is 0 Å². The largest absolute Gasteiger partial charge is 0.393 e. The second-order valence-electron chi connectivity index (χ2n) is 4.04. The molecule has 1 unspecified atom stereocenters. The third-order valence-corrected chi connectivity index (χ3v) is 2.53. The Morgan fingerprint density at radius 2 is 1.81 bits per heavy atom. The van der Waals surface area contributed by atoms with E-state index >= 15 is 0 Å². The van der Waals surface area contributed by atoms with Gasteiger partial charge in [0.1, 0.15) is 0 Å². The molecule has 1 rings (SSSR count). The van der Waals surface area contributed by atoms with Crippen LogP contribution in [-0.4, -0.2) is 29.0 Å². The van der Waals surface area contributed by atoms with Gasteiger partial charge in [-0.3, -0.25) is 0 Å². The monoisotopic (exact) mass is 263 g/mol. The van der Waals surface area contributed by atoms with Gasteiger partial charge in [-0.2, -0.15) is 0 Å². The van der Waals surface area contributed by atoms with Crippen molar-refractivity contribution in [2.75, 3.05) is 13.2 Å². The number of aliphatic hydroxyl groups is 2. The highest BCUT2D eigenvalue weighted by molar-refractivity contribution is 6.34. The predicted octanol–water partition coefficient (Wildman–Crippen LogP) is 1.83. The number of hydrogen-bond acceptors (Lipinski definition) is 3. The molecule has 0 amide bonds. The Bertz CT molecular complexity index is 336. The van der Waals surface area contributed by atoms with Crippen molar-refractivity contribution in [3.63, 3.8) is 0 Å². The molecular formula is C11H15Cl2NO2. The van der Waals surface area contributed by atoms with Gasteiger partial charge in [-0.15, -0.1) is 0 Å². The second-order valence-corrected chi connectivity index (χ2v) is 4.91. The zero-order valence-electron chi connectivity index (χ0n) is 9.00. The van der Waals surface area contributed by atoms with Crippen molar-refractivity contribution in [3.8, 4) is 0 Å². The van der Waals surface area contributed by atoms with Gasteiger partial charge in [0.2, 0.25) is 0 Å². The molecule has 1 aromatic carbocycles. The van der Waals surface area contributed by atoms with Gasteiger partial charge >= 0.3 is 0 Å². The van der Waals surface area contributed by atoms with Gasteiger partial charge < -0.3 is 15.5 Å². The molecule has 5 heteroatoms. The van der Waals surface area contributed by atoms with Crippen LogP contribution < -0.4 is 5.32 Å². The zero-order valence-corrected chi connectivity index (χ0v) is 10.5. The molecule has 1 atom stereocenters. The normalized spacial score (nSPS) is 14.8. The average Bonchev–Trinajstić information content (AvgIpc) is 2.16. The first-order valence-electron chi connectivity index (χ1n) is 4.92. The molecule has 90 valence electrons. The second kappa shape index (κ2) is 5.84. The summed E-state index contributed by atoms with van der Waals surface area (Å²) in [6.45, 7) is 2.12. The molecule has 0 fully saturated rings. The molecule has 0 saturated carbocycles. The van der Waals surface area contributed by atoms with Crippen molar-refractivity contribution in [1.82, 2.24) is 5.32 Å². The molecule has 0 radical (unpaired) electrons. The maximum absolute atomic E-state index is 9.55. The first-order chi connectivity index (χ1) is 7.43. The van der Waals surface area contributed by atoms with Crippen LogP contribution in [0.3, 0.4) is 0 Å². The molecular weight excluding hydrogens is 249 g/mol. The lowest BCUT2D eigenvalue weighted by atomic mass is 10.1. The first kappa shape index (κ1) is 13.7. The van der Waals surface area contributed by atoms with Crippen LogP contribution in [0, 0.1) is 0 Å². The number of aliphatic hydroxyl groups excluding tert-OH is 1. The van der Waals surface area contributed by atoms with Crippen LogP contribution in [-0.2, 0) is 6.54 Å². The summed E-state index contributed by atoms with van der Waals surface area (Å²) in [5, 5.41) is 22.6. The van der Waals surface area contributed by atoms with E-state index in [9.17, 15) is 5.11 Å². The molecule has 0 spiro atoms. The number of rotatable bonds is 5. The predicted molar refractivity (Wildman–Crippen MR) is 65.9 cm³/mol. The summed E-state index contributed by atoms with van der Waals surface area (Å²) in [4.78, 5) is 0. The van der Waals surface area contributed by atoms with Crippen LogP contribution in [0.15, 0.2) is 18.2 Å². The summed E-state index contributed by atoms with van der Waals surface area (Å²) in [6, 6.07) is 5.26. The minimum absolute atomic E-state index is 0.281. The van der Waals surface area contributed by atoms with Gasteiger partial charge in [0.25, 0.3) is 0 Å². The van der Waals surface area contributed by atoms with E-state index in [2.05, 4.69) is 5.32 Å². The van der Waals surface area contributed by atoms with E-state index in [0.717, 1.165) is 5.56 Å². The Labute approximate surface area is 105 Å². The Kier molecular flexibility index (Phi) is 5.02. The number of nitrogens with one attached hydrogen (secondary N) is 1. The molecule has 0 aromatic heterocycles. The quantitative estimate of drug-likeness (QED) is 0.760. The molecule has 0 aliphatic heterocycles. The third-order valence-electron chi connectivity index (χ3n) is 2.10. The van der Waals surface area contributed by atoms with E-state index in [1.165, 1.54) is 0 Å². The maximum atomic E-state index is 9.55. The van der Waals surface area contributed by atoms with E-state index in [1.807, 2.05) is 0 Å². The number of hydrogen-bond donors (Lipinski definition) is 3. The highest BCUT2D eigenvalue weighted by atomic mass is 35.5. The van der Waals surface area contributed by atoms with Gasteiger partial charge in [-0.25, -0.2) is 0 Å². The van der Waals surface area contributed by atoms with Crippen molar-refractivity contribution in [2.45, 2.75) is 19.1 Å². The highest BCUT2D eigenvalue weighted by Crippen LogP contribution is 2.18. The lowest BCUT2D eigenvalue weighted by Crippen LogP contribution is -2.40. The highest BCUT2D eigenvalue weighted by Gasteiger charge is 2.17. The minimum Gasteiger partial charge on any atom is -0.393 e. The van der Waals surface area contributed by atoms with Gasteiger partial charge in [0.15, 0.2) is 0 Å². The summed E-state index contributed by atoms with van der Waals surface area (Å²) in [6.07, 6.45) is 0. The first-order valence-corrected chi connectivity index (χ1v) is 5.67. The zero-order chi connectivity index (χ0) is 12.2. The van der Waals surface area contributed by atoms with E-state index in [0.29, 0.717) is 23.1 Å². The van der Waals surface area contributed by atoms with Crippen molar-refractivity contribution in [3.05, 3.63) is 33.8 Å². The van der Waals surface area contributed by atoms with Gasteiger partial charge in [0.05, 0.1) is 12.2 Å². The lowest BCUT2D eigenvalue weighted by molar-refractivity contribution is 0.00254. The standard InChI is InChI=1S/C11H15Cl2NO2/c1-11(16,7-15)6-14-5-8-2-9(12)4-10(13)3-8/h2-4,14-16H,5-7H2,1H3. The van der Waals surface area contributed by atoms with Gasteiger partial charge in [-0.1, -0.05) is 23.2 Å². The smallest absolute Gasteiger partial charge is 0.0972 e. The van der Waals surface area contributed by atoms with Crippen molar-refractivity contribution >= 4 is 23.2 Å². The summed E-state index contributed by atoms with van der Waals surface area (Å²) >= 11 is 11.7.